The highest BCUT2D eigenvalue weighted by atomic mass is 19.4. The maximum atomic E-state index is 11.8. The Morgan fingerprint density at radius 1 is 1.40 bits per heavy atom. The Hall–Kier alpha value is -1.72. The first-order chi connectivity index (χ1) is 6.87. The van der Waals surface area contributed by atoms with Crippen LogP contribution in [0.2, 0.25) is 0 Å². The minimum absolute atomic E-state index is 0.106. The minimum atomic E-state index is -4.70. The van der Waals surface area contributed by atoms with Crippen LogP contribution in [0.1, 0.15) is 5.56 Å². The molecule has 0 atom stereocenters. The van der Waals surface area contributed by atoms with Crippen LogP contribution in [0, 0.1) is 5.41 Å². The second kappa shape index (κ2) is 4.20. The average molecular weight is 218 g/mol. The number of benzene rings is 1. The fourth-order valence-corrected chi connectivity index (χ4v) is 1.07. The van der Waals surface area contributed by atoms with Gasteiger partial charge in [0.05, 0.1) is 5.84 Å². The number of ether oxygens (including phenoxy) is 1. The maximum absolute atomic E-state index is 11.8. The molecular formula is C9H9F3N2O. The Morgan fingerprint density at radius 3 is 2.60 bits per heavy atom. The van der Waals surface area contributed by atoms with E-state index in [1.807, 2.05) is 0 Å². The highest BCUT2D eigenvalue weighted by molar-refractivity contribution is 5.79. The van der Waals surface area contributed by atoms with Crippen molar-refractivity contribution in [2.24, 2.45) is 5.73 Å². The average Bonchev–Trinajstić information content (AvgIpc) is 1.99. The van der Waals surface area contributed by atoms with E-state index in [1.165, 1.54) is 18.2 Å². The van der Waals surface area contributed by atoms with Crippen LogP contribution >= 0.6 is 0 Å². The first-order valence-electron chi connectivity index (χ1n) is 4.04. The van der Waals surface area contributed by atoms with Crippen LogP contribution in [0.4, 0.5) is 13.2 Å². The standard InChI is InChI=1S/C9H9F3N2O/c10-9(11,12)15-7-3-1-2-6(4-7)5-8(13)14/h1-4H,5H2,(H3,13,14). The monoisotopic (exact) mass is 218 g/mol. The molecule has 0 heterocycles. The van der Waals surface area contributed by atoms with Gasteiger partial charge in [0.25, 0.3) is 0 Å². The summed E-state index contributed by atoms with van der Waals surface area (Å²) in [6, 6.07) is 5.38. The number of rotatable bonds is 3. The topological polar surface area (TPSA) is 59.1 Å². The number of alkyl halides is 3. The van der Waals surface area contributed by atoms with Crippen LogP contribution in [0.3, 0.4) is 0 Å². The van der Waals surface area contributed by atoms with E-state index in [1.54, 1.807) is 6.07 Å². The van der Waals surface area contributed by atoms with Crippen molar-refractivity contribution in [3.8, 4) is 5.75 Å². The molecule has 1 aromatic carbocycles. The molecule has 3 nitrogen and oxygen atoms in total. The zero-order chi connectivity index (χ0) is 11.5. The van der Waals surface area contributed by atoms with E-state index >= 15 is 0 Å². The van der Waals surface area contributed by atoms with Gasteiger partial charge in [-0.25, -0.2) is 0 Å². The number of hydrogen-bond donors (Lipinski definition) is 2. The first-order valence-corrected chi connectivity index (χ1v) is 4.04. The zero-order valence-electron chi connectivity index (χ0n) is 7.64. The molecule has 0 aromatic heterocycles. The molecule has 1 aromatic rings. The fraction of sp³-hybridized carbons (Fsp3) is 0.222. The van der Waals surface area contributed by atoms with Crippen molar-refractivity contribution in [3.05, 3.63) is 29.8 Å². The van der Waals surface area contributed by atoms with Crippen LogP contribution in [-0.4, -0.2) is 12.2 Å². The van der Waals surface area contributed by atoms with Crippen molar-refractivity contribution in [3.63, 3.8) is 0 Å². The minimum Gasteiger partial charge on any atom is -0.406 e. The third kappa shape index (κ3) is 4.35. The van der Waals surface area contributed by atoms with Crippen molar-refractivity contribution in [1.29, 1.82) is 5.41 Å². The van der Waals surface area contributed by atoms with Gasteiger partial charge in [0.2, 0.25) is 0 Å². The third-order valence-corrected chi connectivity index (χ3v) is 1.53. The molecule has 0 radical (unpaired) electrons. The van der Waals surface area contributed by atoms with Crippen LogP contribution in [0.25, 0.3) is 0 Å². The molecule has 0 aliphatic heterocycles. The summed E-state index contributed by atoms with van der Waals surface area (Å²) in [4.78, 5) is 0. The van der Waals surface area contributed by atoms with Gasteiger partial charge in [0, 0.05) is 6.42 Å². The van der Waals surface area contributed by atoms with Gasteiger partial charge < -0.3 is 10.5 Å². The van der Waals surface area contributed by atoms with Crippen LogP contribution in [0.15, 0.2) is 24.3 Å². The van der Waals surface area contributed by atoms with Crippen molar-refractivity contribution in [2.75, 3.05) is 0 Å². The SMILES string of the molecule is N=C(N)Cc1cccc(OC(F)(F)F)c1. The summed E-state index contributed by atoms with van der Waals surface area (Å²) in [5.74, 6) is -0.416. The van der Waals surface area contributed by atoms with Gasteiger partial charge in [-0.3, -0.25) is 5.41 Å². The van der Waals surface area contributed by atoms with Crippen molar-refractivity contribution < 1.29 is 17.9 Å². The van der Waals surface area contributed by atoms with E-state index in [0.717, 1.165) is 0 Å². The molecule has 3 N–H and O–H groups in total. The van der Waals surface area contributed by atoms with E-state index < -0.39 is 6.36 Å². The van der Waals surface area contributed by atoms with Gasteiger partial charge in [-0.15, -0.1) is 13.2 Å². The smallest absolute Gasteiger partial charge is 0.406 e. The van der Waals surface area contributed by atoms with Crippen molar-refractivity contribution in [2.45, 2.75) is 12.8 Å². The van der Waals surface area contributed by atoms with Gasteiger partial charge in [0.1, 0.15) is 5.75 Å². The second-order valence-corrected chi connectivity index (χ2v) is 2.90. The quantitative estimate of drug-likeness (QED) is 0.602. The number of halogens is 3. The highest BCUT2D eigenvalue weighted by Gasteiger charge is 2.31. The Labute approximate surface area is 84.2 Å². The van der Waals surface area contributed by atoms with Gasteiger partial charge in [-0.1, -0.05) is 12.1 Å². The van der Waals surface area contributed by atoms with Gasteiger partial charge >= 0.3 is 6.36 Å². The molecule has 0 aliphatic rings. The molecule has 82 valence electrons. The Morgan fingerprint density at radius 2 is 2.07 bits per heavy atom. The summed E-state index contributed by atoms with van der Waals surface area (Å²) in [5.41, 5.74) is 5.63. The zero-order valence-corrected chi connectivity index (χ0v) is 7.64. The summed E-state index contributed by atoms with van der Waals surface area (Å²) in [5, 5.41) is 7.00. The predicted octanol–water partition coefficient (Wildman–Crippen LogP) is 2.06. The van der Waals surface area contributed by atoms with Crippen molar-refractivity contribution in [1.82, 2.24) is 0 Å². The van der Waals surface area contributed by atoms with Gasteiger partial charge in [0.15, 0.2) is 0 Å². The van der Waals surface area contributed by atoms with Crippen LogP contribution < -0.4 is 10.5 Å². The molecule has 0 bridgehead atoms. The number of amidine groups is 1. The van der Waals surface area contributed by atoms with Gasteiger partial charge in [-0.2, -0.15) is 0 Å². The summed E-state index contributed by atoms with van der Waals surface area (Å²) in [6.07, 6.45) is -4.59. The number of nitrogens with two attached hydrogens (primary N) is 1. The molecule has 0 unspecified atom stereocenters. The highest BCUT2D eigenvalue weighted by Crippen LogP contribution is 2.23. The summed E-state index contributed by atoms with van der Waals surface area (Å²) >= 11 is 0. The third-order valence-electron chi connectivity index (χ3n) is 1.53. The maximum Gasteiger partial charge on any atom is 0.573 e. The van der Waals surface area contributed by atoms with Crippen LogP contribution in [-0.2, 0) is 6.42 Å². The van der Waals surface area contributed by atoms with E-state index in [4.69, 9.17) is 11.1 Å². The molecule has 0 saturated heterocycles. The Balaban J connectivity index is 2.79. The lowest BCUT2D eigenvalue weighted by molar-refractivity contribution is -0.274. The van der Waals surface area contributed by atoms with E-state index in [9.17, 15) is 13.2 Å². The molecule has 0 amide bonds. The lowest BCUT2D eigenvalue weighted by atomic mass is 10.1. The molecule has 1 rings (SSSR count). The number of nitrogens with one attached hydrogen (secondary N) is 1. The molecule has 0 spiro atoms. The van der Waals surface area contributed by atoms with E-state index in [-0.39, 0.29) is 18.0 Å². The summed E-state index contributed by atoms with van der Waals surface area (Å²) < 4.78 is 39.3. The Bertz CT molecular complexity index is 363. The summed E-state index contributed by atoms with van der Waals surface area (Å²) in [6.45, 7) is 0. The fourth-order valence-electron chi connectivity index (χ4n) is 1.07. The van der Waals surface area contributed by atoms with E-state index in [0.29, 0.717) is 5.56 Å². The molecule has 6 heteroatoms. The van der Waals surface area contributed by atoms with Gasteiger partial charge in [-0.05, 0) is 17.7 Å². The largest absolute Gasteiger partial charge is 0.573 e. The molecule has 0 aliphatic carbocycles. The van der Waals surface area contributed by atoms with E-state index in [2.05, 4.69) is 4.74 Å². The molecular weight excluding hydrogens is 209 g/mol. The predicted molar refractivity (Wildman–Crippen MR) is 48.7 cm³/mol. The lowest BCUT2D eigenvalue weighted by Crippen LogP contribution is -2.17. The molecule has 0 fully saturated rings. The summed E-state index contributed by atoms with van der Waals surface area (Å²) in [7, 11) is 0. The molecule has 0 saturated carbocycles. The first kappa shape index (κ1) is 11.4. The number of hydrogen-bond acceptors (Lipinski definition) is 2. The normalized spacial score (nSPS) is 11.1. The molecule has 15 heavy (non-hydrogen) atoms. The second-order valence-electron chi connectivity index (χ2n) is 2.90. The lowest BCUT2D eigenvalue weighted by Gasteiger charge is -2.09. The Kier molecular flexibility index (Phi) is 3.18. The van der Waals surface area contributed by atoms with Crippen molar-refractivity contribution >= 4 is 5.84 Å². The van der Waals surface area contributed by atoms with Crippen LogP contribution in [0.5, 0.6) is 5.75 Å².